The van der Waals surface area contributed by atoms with Crippen LogP contribution in [0.25, 0.3) is 0 Å². The molecular weight excluding hydrogens is 406 g/mol. The summed E-state index contributed by atoms with van der Waals surface area (Å²) in [4.78, 5) is 51.8. The summed E-state index contributed by atoms with van der Waals surface area (Å²) in [5, 5.41) is 0. The van der Waals surface area contributed by atoms with Gasteiger partial charge in [0.2, 0.25) is 11.8 Å². The summed E-state index contributed by atoms with van der Waals surface area (Å²) in [6.45, 7) is 1.45. The van der Waals surface area contributed by atoms with Crippen molar-refractivity contribution in [1.29, 1.82) is 0 Å². The van der Waals surface area contributed by atoms with Crippen LogP contribution in [-0.2, 0) is 9.59 Å². The van der Waals surface area contributed by atoms with E-state index in [2.05, 4.69) is 12.2 Å². The monoisotopic (exact) mass is 427 g/mol. The number of imide groups is 1. The van der Waals surface area contributed by atoms with Gasteiger partial charge in [0.1, 0.15) is 5.75 Å². The standard InChI is InChI=1S/C26H21NO5/c1-13(28)15-3-2-4-17(11-15)32-26(31)14-5-7-16(8-6-14)27-24(29)22-18-9-10-19(21-12-20(18)21)23(22)25(27)30/h2-11,18-23H,12H2,1H3. The Labute approximate surface area is 184 Å². The zero-order valence-electron chi connectivity index (χ0n) is 17.4. The molecule has 4 aliphatic carbocycles. The number of allylic oxidation sites excluding steroid dienone is 2. The molecule has 160 valence electrons. The number of hydrogen-bond donors (Lipinski definition) is 0. The van der Waals surface area contributed by atoms with Gasteiger partial charge >= 0.3 is 5.97 Å². The van der Waals surface area contributed by atoms with E-state index in [1.165, 1.54) is 17.9 Å². The molecule has 2 saturated carbocycles. The van der Waals surface area contributed by atoms with Crippen molar-refractivity contribution in [2.45, 2.75) is 13.3 Å². The molecule has 2 amide bonds. The Morgan fingerprint density at radius 1 is 0.875 bits per heavy atom. The number of carbonyl (C=O) groups excluding carboxylic acids is 4. The number of carbonyl (C=O) groups is 4. The van der Waals surface area contributed by atoms with Crippen molar-refractivity contribution in [3.05, 3.63) is 71.8 Å². The lowest BCUT2D eigenvalue weighted by atomic mass is 9.63. The second-order valence-electron chi connectivity index (χ2n) is 9.19. The third kappa shape index (κ3) is 2.72. The minimum atomic E-state index is -0.577. The normalized spacial score (nSPS) is 31.3. The summed E-state index contributed by atoms with van der Waals surface area (Å²) in [6.07, 6.45) is 5.42. The van der Waals surface area contributed by atoms with E-state index < -0.39 is 5.97 Å². The van der Waals surface area contributed by atoms with Crippen molar-refractivity contribution in [2.75, 3.05) is 4.90 Å². The first-order valence-corrected chi connectivity index (χ1v) is 10.9. The lowest BCUT2D eigenvalue weighted by molar-refractivity contribution is -0.124. The van der Waals surface area contributed by atoms with Gasteiger partial charge < -0.3 is 4.74 Å². The van der Waals surface area contributed by atoms with Crippen LogP contribution in [0, 0.1) is 35.5 Å². The number of ether oxygens (including phenoxy) is 1. The molecule has 0 aromatic heterocycles. The number of rotatable bonds is 4. The molecule has 6 atom stereocenters. The minimum Gasteiger partial charge on any atom is -0.423 e. The van der Waals surface area contributed by atoms with Crippen LogP contribution in [0.4, 0.5) is 5.69 Å². The number of ketones is 1. The van der Waals surface area contributed by atoms with Crippen LogP contribution in [-0.4, -0.2) is 23.6 Å². The van der Waals surface area contributed by atoms with E-state index in [1.54, 1.807) is 42.5 Å². The van der Waals surface area contributed by atoms with Gasteiger partial charge in [-0.3, -0.25) is 19.3 Å². The molecule has 6 unspecified atom stereocenters. The maximum absolute atomic E-state index is 13.2. The average molecular weight is 427 g/mol. The fourth-order valence-electron chi connectivity index (χ4n) is 5.90. The largest absolute Gasteiger partial charge is 0.423 e. The van der Waals surface area contributed by atoms with E-state index >= 15 is 0 Å². The fraction of sp³-hybridized carbons (Fsp3) is 0.308. The van der Waals surface area contributed by atoms with E-state index in [1.807, 2.05) is 0 Å². The quantitative estimate of drug-likeness (QED) is 0.245. The lowest BCUT2D eigenvalue weighted by Crippen LogP contribution is -2.40. The van der Waals surface area contributed by atoms with Gasteiger partial charge in [0.25, 0.3) is 0 Å². The molecule has 1 heterocycles. The molecule has 1 saturated heterocycles. The van der Waals surface area contributed by atoms with Crippen LogP contribution in [0.15, 0.2) is 60.7 Å². The molecule has 1 aliphatic heterocycles. The van der Waals surface area contributed by atoms with Crippen LogP contribution in [0.1, 0.15) is 34.1 Å². The van der Waals surface area contributed by atoms with Crippen LogP contribution >= 0.6 is 0 Å². The molecule has 0 N–H and O–H groups in total. The van der Waals surface area contributed by atoms with Crippen LogP contribution < -0.4 is 9.64 Å². The van der Waals surface area contributed by atoms with Crippen LogP contribution in [0.2, 0.25) is 0 Å². The Kier molecular flexibility index (Phi) is 4.03. The number of nitrogens with zero attached hydrogens (tertiary/aromatic N) is 1. The first-order chi connectivity index (χ1) is 15.4. The zero-order chi connectivity index (χ0) is 22.1. The van der Waals surface area contributed by atoms with Gasteiger partial charge in [-0.15, -0.1) is 0 Å². The van der Waals surface area contributed by atoms with Gasteiger partial charge in [0, 0.05) is 5.56 Å². The Hall–Kier alpha value is -3.54. The second kappa shape index (κ2) is 6.73. The highest BCUT2D eigenvalue weighted by molar-refractivity contribution is 6.22. The van der Waals surface area contributed by atoms with Crippen LogP contribution in [0.5, 0.6) is 5.75 Å². The lowest BCUT2D eigenvalue weighted by Gasteiger charge is -2.37. The van der Waals surface area contributed by atoms with Gasteiger partial charge in [0.05, 0.1) is 23.1 Å². The Balaban J connectivity index is 1.21. The third-order valence-electron chi connectivity index (χ3n) is 7.48. The molecule has 32 heavy (non-hydrogen) atoms. The number of amides is 2. The fourth-order valence-corrected chi connectivity index (χ4v) is 5.90. The first kappa shape index (κ1) is 19.2. The number of benzene rings is 2. The maximum atomic E-state index is 13.2. The molecule has 0 radical (unpaired) electrons. The van der Waals surface area contributed by atoms with Crippen molar-refractivity contribution in [3.8, 4) is 5.75 Å². The van der Waals surface area contributed by atoms with Gasteiger partial charge in [0.15, 0.2) is 5.78 Å². The molecule has 6 heteroatoms. The number of Topliss-reactive ketones (excluding diaryl/α,β-unsaturated/α-hetero) is 1. The second-order valence-corrected chi connectivity index (χ2v) is 9.19. The maximum Gasteiger partial charge on any atom is 0.343 e. The highest BCUT2D eigenvalue weighted by Gasteiger charge is 2.67. The predicted molar refractivity (Wildman–Crippen MR) is 115 cm³/mol. The molecule has 2 aromatic carbocycles. The Morgan fingerprint density at radius 3 is 2.09 bits per heavy atom. The van der Waals surface area contributed by atoms with Gasteiger partial charge in [-0.05, 0) is 73.4 Å². The summed E-state index contributed by atoms with van der Waals surface area (Å²) in [5.41, 5.74) is 1.23. The topological polar surface area (TPSA) is 80.8 Å². The van der Waals surface area contributed by atoms with E-state index in [0.29, 0.717) is 28.7 Å². The molecular formula is C26H21NO5. The smallest absolute Gasteiger partial charge is 0.343 e. The van der Waals surface area contributed by atoms with Crippen molar-refractivity contribution in [1.82, 2.24) is 0 Å². The van der Waals surface area contributed by atoms with Crippen molar-refractivity contribution >= 4 is 29.3 Å². The zero-order valence-corrected chi connectivity index (χ0v) is 17.4. The number of anilines is 1. The summed E-state index contributed by atoms with van der Waals surface area (Å²) in [5.74, 6) is 0.306. The summed E-state index contributed by atoms with van der Waals surface area (Å²) in [7, 11) is 0. The average Bonchev–Trinajstić information content (AvgIpc) is 3.57. The molecule has 3 fully saturated rings. The van der Waals surface area contributed by atoms with Gasteiger partial charge in [-0.1, -0.05) is 24.3 Å². The third-order valence-corrected chi connectivity index (χ3v) is 7.48. The summed E-state index contributed by atoms with van der Waals surface area (Å²) < 4.78 is 5.38. The van der Waals surface area contributed by atoms with E-state index in [0.717, 1.165) is 6.42 Å². The van der Waals surface area contributed by atoms with Gasteiger partial charge in [-0.2, -0.15) is 0 Å². The van der Waals surface area contributed by atoms with Crippen molar-refractivity contribution in [2.24, 2.45) is 35.5 Å². The number of hydrogen-bond acceptors (Lipinski definition) is 5. The van der Waals surface area contributed by atoms with E-state index in [4.69, 9.17) is 4.74 Å². The Morgan fingerprint density at radius 2 is 1.50 bits per heavy atom. The van der Waals surface area contributed by atoms with Gasteiger partial charge in [-0.25, -0.2) is 4.79 Å². The summed E-state index contributed by atoms with van der Waals surface area (Å²) in [6, 6.07) is 12.8. The molecule has 2 aromatic rings. The predicted octanol–water partition coefficient (Wildman–Crippen LogP) is 3.67. The highest BCUT2D eigenvalue weighted by atomic mass is 16.5. The molecule has 0 spiro atoms. The molecule has 5 aliphatic rings. The van der Waals surface area contributed by atoms with Crippen LogP contribution in [0.3, 0.4) is 0 Å². The SMILES string of the molecule is CC(=O)c1cccc(OC(=O)c2ccc(N3C(=O)C4C5C=CC(C6CC56)C4C3=O)cc2)c1. The van der Waals surface area contributed by atoms with E-state index in [9.17, 15) is 19.2 Å². The molecule has 2 bridgehead atoms. The minimum absolute atomic E-state index is 0.117. The van der Waals surface area contributed by atoms with Crippen molar-refractivity contribution in [3.63, 3.8) is 0 Å². The molecule has 7 rings (SSSR count). The molecule has 6 nitrogen and oxygen atoms in total. The number of esters is 1. The summed E-state index contributed by atoms with van der Waals surface area (Å²) >= 11 is 0. The highest BCUT2D eigenvalue weighted by Crippen LogP contribution is 2.65. The van der Waals surface area contributed by atoms with Crippen molar-refractivity contribution < 1.29 is 23.9 Å². The Bertz CT molecular complexity index is 1180. The first-order valence-electron chi connectivity index (χ1n) is 10.9. The van der Waals surface area contributed by atoms with E-state index in [-0.39, 0.29) is 47.0 Å².